The Balaban J connectivity index is 2.10. The summed E-state index contributed by atoms with van der Waals surface area (Å²) < 4.78 is 1.93. The maximum Gasteiger partial charge on any atom is 0.239 e. The zero-order chi connectivity index (χ0) is 13.1. The average molecular weight is 245 g/mol. The summed E-state index contributed by atoms with van der Waals surface area (Å²) >= 11 is 0. The summed E-state index contributed by atoms with van der Waals surface area (Å²) in [5.74, 6) is 0.508. The quantitative estimate of drug-likeness (QED) is 0.809. The second-order valence-electron chi connectivity index (χ2n) is 4.96. The summed E-state index contributed by atoms with van der Waals surface area (Å²) in [5, 5.41) is 3.97. The molecule has 0 saturated carbocycles. The van der Waals surface area contributed by atoms with Crippen LogP contribution in [0.4, 0.5) is 5.69 Å². The third-order valence-electron chi connectivity index (χ3n) is 2.82. The van der Waals surface area contributed by atoms with E-state index in [0.717, 1.165) is 16.6 Å². The lowest BCUT2D eigenvalue weighted by atomic mass is 10.2. The molecule has 4 heteroatoms. The molecule has 4 nitrogen and oxygen atoms in total. The molecule has 0 bridgehead atoms. The van der Waals surface area contributed by atoms with Crippen LogP contribution in [0.5, 0.6) is 0 Å². The molecule has 0 atom stereocenters. The third-order valence-corrected chi connectivity index (χ3v) is 2.82. The van der Waals surface area contributed by atoms with Crippen molar-refractivity contribution in [1.82, 2.24) is 9.88 Å². The number of fused-ring (bicyclic) bond motifs is 1. The zero-order valence-corrected chi connectivity index (χ0v) is 10.8. The Labute approximate surface area is 107 Å². The van der Waals surface area contributed by atoms with Gasteiger partial charge in [-0.05, 0) is 30.2 Å². The van der Waals surface area contributed by atoms with E-state index in [9.17, 15) is 4.79 Å². The number of rotatable bonds is 4. The first kappa shape index (κ1) is 12.5. The van der Waals surface area contributed by atoms with Crippen molar-refractivity contribution >= 4 is 22.5 Å². The number of aromatic nitrogens is 1. The van der Waals surface area contributed by atoms with Crippen LogP contribution in [0, 0.1) is 5.92 Å². The van der Waals surface area contributed by atoms with Crippen LogP contribution in [0.1, 0.15) is 13.8 Å². The number of nitrogens with one attached hydrogen (secondary N) is 1. The van der Waals surface area contributed by atoms with E-state index in [-0.39, 0.29) is 5.91 Å². The zero-order valence-electron chi connectivity index (χ0n) is 10.8. The molecule has 0 spiro atoms. The molecule has 2 aromatic rings. The van der Waals surface area contributed by atoms with Gasteiger partial charge in [-0.15, -0.1) is 0 Å². The topological polar surface area (TPSA) is 60.0 Å². The van der Waals surface area contributed by atoms with E-state index in [1.165, 1.54) is 0 Å². The van der Waals surface area contributed by atoms with Gasteiger partial charge in [0.2, 0.25) is 5.91 Å². The van der Waals surface area contributed by atoms with Gasteiger partial charge in [-0.2, -0.15) is 0 Å². The van der Waals surface area contributed by atoms with Crippen LogP contribution in [0.3, 0.4) is 0 Å². The van der Waals surface area contributed by atoms with E-state index in [1.807, 2.05) is 35.0 Å². The highest BCUT2D eigenvalue weighted by Gasteiger charge is 2.06. The smallest absolute Gasteiger partial charge is 0.239 e. The first-order chi connectivity index (χ1) is 8.56. The van der Waals surface area contributed by atoms with Crippen molar-refractivity contribution in [2.75, 3.05) is 12.3 Å². The first-order valence-electron chi connectivity index (χ1n) is 6.17. The lowest BCUT2D eigenvalue weighted by Gasteiger charge is -2.09. The Morgan fingerprint density at radius 2 is 2.17 bits per heavy atom. The van der Waals surface area contributed by atoms with Crippen LogP contribution in [0.25, 0.3) is 10.9 Å². The van der Waals surface area contributed by atoms with Crippen LogP contribution in [0.15, 0.2) is 30.5 Å². The average Bonchev–Trinajstić information content (AvgIpc) is 2.69. The predicted molar refractivity (Wildman–Crippen MR) is 74.2 cm³/mol. The fourth-order valence-electron chi connectivity index (χ4n) is 1.89. The highest BCUT2D eigenvalue weighted by atomic mass is 16.1. The Morgan fingerprint density at radius 3 is 2.89 bits per heavy atom. The van der Waals surface area contributed by atoms with E-state index in [0.29, 0.717) is 19.0 Å². The van der Waals surface area contributed by atoms with Crippen molar-refractivity contribution in [3.05, 3.63) is 30.5 Å². The molecular weight excluding hydrogens is 226 g/mol. The van der Waals surface area contributed by atoms with Crippen LogP contribution < -0.4 is 11.1 Å². The summed E-state index contributed by atoms with van der Waals surface area (Å²) in [6, 6.07) is 7.69. The highest BCUT2D eigenvalue weighted by molar-refractivity contribution is 5.85. The summed E-state index contributed by atoms with van der Waals surface area (Å²) in [7, 11) is 0. The number of benzene rings is 1. The van der Waals surface area contributed by atoms with Gasteiger partial charge >= 0.3 is 0 Å². The van der Waals surface area contributed by atoms with Gasteiger partial charge in [0.15, 0.2) is 0 Å². The van der Waals surface area contributed by atoms with E-state index >= 15 is 0 Å². The van der Waals surface area contributed by atoms with Gasteiger partial charge in [-0.3, -0.25) is 4.79 Å². The van der Waals surface area contributed by atoms with Gasteiger partial charge in [0.05, 0.1) is 0 Å². The number of anilines is 1. The van der Waals surface area contributed by atoms with Gasteiger partial charge < -0.3 is 15.6 Å². The van der Waals surface area contributed by atoms with E-state index in [1.54, 1.807) is 0 Å². The number of nitrogens with two attached hydrogens (primary N) is 1. The van der Waals surface area contributed by atoms with E-state index in [2.05, 4.69) is 19.2 Å². The standard InChI is InChI=1S/C14H19N3O/c1-10(2)8-16-14(18)9-17-6-5-11-7-12(15)3-4-13(11)17/h3-7,10H,8-9,15H2,1-2H3,(H,16,18). The lowest BCUT2D eigenvalue weighted by molar-refractivity contribution is -0.121. The van der Waals surface area contributed by atoms with E-state index < -0.39 is 0 Å². The first-order valence-corrected chi connectivity index (χ1v) is 6.17. The molecule has 0 unspecified atom stereocenters. The van der Waals surface area contributed by atoms with Crippen LogP contribution in [0.2, 0.25) is 0 Å². The normalized spacial score (nSPS) is 11.1. The molecule has 1 amide bonds. The van der Waals surface area contributed by atoms with Gasteiger partial charge in [0, 0.05) is 29.3 Å². The Morgan fingerprint density at radius 1 is 1.39 bits per heavy atom. The Bertz CT molecular complexity index is 557. The number of amides is 1. The minimum Gasteiger partial charge on any atom is -0.399 e. The summed E-state index contributed by atoms with van der Waals surface area (Å²) in [6.07, 6.45) is 1.92. The maximum absolute atomic E-state index is 11.8. The van der Waals surface area contributed by atoms with Crippen LogP contribution >= 0.6 is 0 Å². The molecule has 3 N–H and O–H groups in total. The van der Waals surface area contributed by atoms with Crippen molar-refractivity contribution in [2.24, 2.45) is 5.92 Å². The summed E-state index contributed by atoms with van der Waals surface area (Å²) in [4.78, 5) is 11.8. The van der Waals surface area contributed by atoms with Gasteiger partial charge in [0.25, 0.3) is 0 Å². The SMILES string of the molecule is CC(C)CNC(=O)Cn1ccc2cc(N)ccc21. The van der Waals surface area contributed by atoms with Crippen LogP contribution in [-0.2, 0) is 11.3 Å². The molecule has 1 aromatic heterocycles. The van der Waals surface area contributed by atoms with Crippen molar-refractivity contribution in [3.8, 4) is 0 Å². The number of nitrogens with zero attached hydrogens (tertiary/aromatic N) is 1. The molecule has 0 fully saturated rings. The monoisotopic (exact) mass is 245 g/mol. The second-order valence-corrected chi connectivity index (χ2v) is 4.96. The molecule has 96 valence electrons. The molecule has 0 saturated heterocycles. The Kier molecular flexibility index (Phi) is 3.55. The lowest BCUT2D eigenvalue weighted by Crippen LogP contribution is -2.30. The maximum atomic E-state index is 11.8. The molecule has 18 heavy (non-hydrogen) atoms. The number of carbonyl (C=O) groups is 1. The largest absolute Gasteiger partial charge is 0.399 e. The molecule has 0 aliphatic rings. The minimum absolute atomic E-state index is 0.0398. The molecule has 1 heterocycles. The third kappa shape index (κ3) is 2.83. The van der Waals surface area contributed by atoms with Crippen molar-refractivity contribution in [2.45, 2.75) is 20.4 Å². The molecular formula is C14H19N3O. The fraction of sp³-hybridized carbons (Fsp3) is 0.357. The Hall–Kier alpha value is -1.97. The molecule has 0 aliphatic heterocycles. The van der Waals surface area contributed by atoms with Crippen molar-refractivity contribution < 1.29 is 4.79 Å². The molecule has 2 rings (SSSR count). The van der Waals surface area contributed by atoms with Gasteiger partial charge in [0.1, 0.15) is 6.54 Å². The van der Waals surface area contributed by atoms with E-state index in [4.69, 9.17) is 5.73 Å². The number of carbonyl (C=O) groups excluding carboxylic acids is 1. The molecule has 0 aliphatic carbocycles. The van der Waals surface area contributed by atoms with Crippen molar-refractivity contribution in [1.29, 1.82) is 0 Å². The fourth-order valence-corrected chi connectivity index (χ4v) is 1.89. The molecule has 0 radical (unpaired) electrons. The number of hydrogen-bond acceptors (Lipinski definition) is 2. The summed E-state index contributed by atoms with van der Waals surface area (Å²) in [5.41, 5.74) is 7.50. The summed E-state index contributed by atoms with van der Waals surface area (Å²) in [6.45, 7) is 5.22. The minimum atomic E-state index is 0.0398. The number of hydrogen-bond donors (Lipinski definition) is 2. The predicted octanol–water partition coefficient (Wildman–Crippen LogP) is 2.00. The van der Waals surface area contributed by atoms with Crippen LogP contribution in [-0.4, -0.2) is 17.0 Å². The molecule has 1 aromatic carbocycles. The highest BCUT2D eigenvalue weighted by Crippen LogP contribution is 2.18. The van der Waals surface area contributed by atoms with Gasteiger partial charge in [-0.1, -0.05) is 13.8 Å². The number of nitrogen functional groups attached to an aromatic ring is 1. The van der Waals surface area contributed by atoms with Gasteiger partial charge in [-0.25, -0.2) is 0 Å². The second kappa shape index (κ2) is 5.12. The van der Waals surface area contributed by atoms with Crippen molar-refractivity contribution in [3.63, 3.8) is 0 Å².